The Morgan fingerprint density at radius 1 is 1.60 bits per heavy atom. The Morgan fingerprint density at radius 2 is 2.30 bits per heavy atom. The third kappa shape index (κ3) is 1.29. The molecule has 0 bridgehead atoms. The van der Waals surface area contributed by atoms with Gasteiger partial charge in [-0.15, -0.1) is 0 Å². The quantitative estimate of drug-likeness (QED) is 0.584. The van der Waals surface area contributed by atoms with Gasteiger partial charge in [0.15, 0.2) is 0 Å². The summed E-state index contributed by atoms with van der Waals surface area (Å²) in [4.78, 5) is 0. The van der Waals surface area contributed by atoms with E-state index in [2.05, 4.69) is 5.32 Å². The number of aliphatic hydroxyl groups is 1. The molecule has 0 heterocycles. The molecular weight excluding hydrogens is 133 g/mol. The zero-order valence-corrected chi connectivity index (χ0v) is 5.82. The van der Waals surface area contributed by atoms with Crippen LogP contribution in [0, 0.1) is 0 Å². The van der Waals surface area contributed by atoms with E-state index in [1.54, 1.807) is 7.05 Å². The third-order valence-electron chi connectivity index (χ3n) is 1.52. The van der Waals surface area contributed by atoms with Crippen molar-refractivity contribution in [3.8, 4) is 0 Å². The molecule has 0 saturated heterocycles. The zero-order valence-electron chi connectivity index (χ0n) is 5.82. The largest absolute Gasteiger partial charge is 0.505 e. The van der Waals surface area contributed by atoms with Crippen molar-refractivity contribution < 1.29 is 9.50 Å². The molecule has 0 atom stereocenters. The van der Waals surface area contributed by atoms with Crippen LogP contribution in [-0.2, 0) is 0 Å². The molecule has 0 amide bonds. The van der Waals surface area contributed by atoms with Crippen molar-refractivity contribution in [1.29, 1.82) is 0 Å². The van der Waals surface area contributed by atoms with Crippen LogP contribution in [0.15, 0.2) is 23.4 Å². The lowest BCUT2D eigenvalue weighted by Gasteiger charge is -2.10. The molecule has 0 fully saturated rings. The fourth-order valence-corrected chi connectivity index (χ4v) is 0.885. The van der Waals surface area contributed by atoms with E-state index in [1.807, 2.05) is 0 Å². The van der Waals surface area contributed by atoms with E-state index in [0.29, 0.717) is 12.8 Å². The van der Waals surface area contributed by atoms with Crippen LogP contribution >= 0.6 is 0 Å². The molecule has 1 aliphatic carbocycles. The second-order valence-electron chi connectivity index (χ2n) is 2.21. The van der Waals surface area contributed by atoms with Crippen molar-refractivity contribution in [2.24, 2.45) is 0 Å². The van der Waals surface area contributed by atoms with Crippen LogP contribution in [0.1, 0.15) is 12.8 Å². The minimum Gasteiger partial charge on any atom is -0.505 e. The Morgan fingerprint density at radius 3 is 2.80 bits per heavy atom. The fourth-order valence-electron chi connectivity index (χ4n) is 0.885. The Kier molecular flexibility index (Phi) is 1.94. The topological polar surface area (TPSA) is 32.3 Å². The van der Waals surface area contributed by atoms with Crippen LogP contribution < -0.4 is 5.32 Å². The van der Waals surface area contributed by atoms with E-state index in [4.69, 9.17) is 5.11 Å². The molecule has 0 aromatic carbocycles. The molecule has 1 aliphatic rings. The summed E-state index contributed by atoms with van der Waals surface area (Å²) >= 11 is 0. The summed E-state index contributed by atoms with van der Waals surface area (Å²) in [5.74, 6) is -0.658. The number of rotatable bonds is 1. The van der Waals surface area contributed by atoms with Crippen molar-refractivity contribution in [1.82, 2.24) is 5.32 Å². The van der Waals surface area contributed by atoms with Gasteiger partial charge >= 0.3 is 0 Å². The number of hydrogen-bond acceptors (Lipinski definition) is 2. The van der Waals surface area contributed by atoms with Gasteiger partial charge in [0.05, 0.1) is 0 Å². The standard InChI is InChI=1S/C7H10FNO/c1-9-5-2-3-6(8)7(10)4-5/h4,9-10H,2-3H2,1H3. The predicted octanol–water partition coefficient (Wildman–Crippen LogP) is 1.62. The average Bonchev–Trinajstić information content (AvgIpc) is 1.95. The molecule has 0 unspecified atom stereocenters. The number of halogens is 1. The van der Waals surface area contributed by atoms with E-state index in [1.165, 1.54) is 6.08 Å². The molecule has 2 N–H and O–H groups in total. The minimum atomic E-state index is -0.418. The molecule has 10 heavy (non-hydrogen) atoms. The van der Waals surface area contributed by atoms with Crippen molar-refractivity contribution in [2.45, 2.75) is 12.8 Å². The van der Waals surface area contributed by atoms with E-state index in [0.717, 1.165) is 5.70 Å². The maximum Gasteiger partial charge on any atom is 0.148 e. The second kappa shape index (κ2) is 2.73. The van der Waals surface area contributed by atoms with Crippen LogP contribution in [-0.4, -0.2) is 12.2 Å². The normalized spacial score (nSPS) is 18.8. The average molecular weight is 143 g/mol. The predicted molar refractivity (Wildman–Crippen MR) is 37.1 cm³/mol. The number of hydrogen-bond donors (Lipinski definition) is 2. The van der Waals surface area contributed by atoms with Crippen molar-refractivity contribution >= 4 is 0 Å². The van der Waals surface area contributed by atoms with Crippen molar-refractivity contribution in [3.63, 3.8) is 0 Å². The number of allylic oxidation sites excluding steroid dienone is 3. The summed E-state index contributed by atoms with van der Waals surface area (Å²) < 4.78 is 12.4. The first-order chi connectivity index (χ1) is 4.74. The van der Waals surface area contributed by atoms with Crippen LogP contribution in [0.2, 0.25) is 0 Å². The van der Waals surface area contributed by atoms with Crippen LogP contribution in [0.4, 0.5) is 4.39 Å². The summed E-state index contributed by atoms with van der Waals surface area (Å²) in [6.07, 6.45) is 2.36. The van der Waals surface area contributed by atoms with Crippen LogP contribution in [0.25, 0.3) is 0 Å². The summed E-state index contributed by atoms with van der Waals surface area (Å²) in [5, 5.41) is 11.7. The van der Waals surface area contributed by atoms with E-state index in [9.17, 15) is 4.39 Å². The Balaban J connectivity index is 2.76. The van der Waals surface area contributed by atoms with Gasteiger partial charge in [-0.05, 0) is 6.42 Å². The van der Waals surface area contributed by atoms with E-state index in [-0.39, 0.29) is 5.76 Å². The Bertz CT molecular complexity index is 196. The highest BCUT2D eigenvalue weighted by atomic mass is 19.1. The van der Waals surface area contributed by atoms with Crippen LogP contribution in [0.5, 0.6) is 0 Å². The van der Waals surface area contributed by atoms with Gasteiger partial charge in [0.1, 0.15) is 11.6 Å². The molecule has 3 heteroatoms. The van der Waals surface area contributed by atoms with Crippen molar-refractivity contribution in [2.75, 3.05) is 7.05 Å². The zero-order chi connectivity index (χ0) is 7.56. The molecule has 2 nitrogen and oxygen atoms in total. The van der Waals surface area contributed by atoms with Gasteiger partial charge in [-0.1, -0.05) is 0 Å². The van der Waals surface area contributed by atoms with Crippen molar-refractivity contribution in [3.05, 3.63) is 23.4 Å². The molecule has 0 radical (unpaired) electrons. The second-order valence-corrected chi connectivity index (χ2v) is 2.21. The molecule has 0 aliphatic heterocycles. The first-order valence-electron chi connectivity index (χ1n) is 3.20. The highest BCUT2D eigenvalue weighted by Gasteiger charge is 2.10. The van der Waals surface area contributed by atoms with Gasteiger partial charge < -0.3 is 10.4 Å². The first kappa shape index (κ1) is 7.12. The van der Waals surface area contributed by atoms with Gasteiger partial charge in [0.2, 0.25) is 0 Å². The van der Waals surface area contributed by atoms with Gasteiger partial charge in [0, 0.05) is 25.2 Å². The lowest BCUT2D eigenvalue weighted by Crippen LogP contribution is -2.09. The Hall–Kier alpha value is -0.990. The van der Waals surface area contributed by atoms with E-state index < -0.39 is 5.83 Å². The molecule has 0 saturated carbocycles. The highest BCUT2D eigenvalue weighted by Crippen LogP contribution is 2.21. The van der Waals surface area contributed by atoms with E-state index >= 15 is 0 Å². The number of nitrogens with one attached hydrogen (secondary N) is 1. The minimum absolute atomic E-state index is 0.240. The maximum absolute atomic E-state index is 12.4. The summed E-state index contributed by atoms with van der Waals surface area (Å²) in [5.41, 5.74) is 0.874. The third-order valence-corrected chi connectivity index (χ3v) is 1.52. The van der Waals surface area contributed by atoms with Crippen LogP contribution in [0.3, 0.4) is 0 Å². The summed E-state index contributed by atoms with van der Waals surface area (Å²) in [6.45, 7) is 0. The molecule has 0 aromatic rings. The molecule has 0 aromatic heterocycles. The molecule has 0 spiro atoms. The number of aliphatic hydroxyl groups excluding tert-OH is 1. The fraction of sp³-hybridized carbons (Fsp3) is 0.429. The lowest BCUT2D eigenvalue weighted by molar-refractivity contribution is 0.383. The van der Waals surface area contributed by atoms with Gasteiger partial charge in [0.25, 0.3) is 0 Å². The molecule has 56 valence electrons. The first-order valence-corrected chi connectivity index (χ1v) is 3.20. The smallest absolute Gasteiger partial charge is 0.148 e. The van der Waals surface area contributed by atoms with Gasteiger partial charge in [-0.2, -0.15) is 0 Å². The molecule has 1 rings (SSSR count). The monoisotopic (exact) mass is 143 g/mol. The van der Waals surface area contributed by atoms with Gasteiger partial charge in [-0.3, -0.25) is 0 Å². The SMILES string of the molecule is CNC1=CC(O)=C(F)CC1. The highest BCUT2D eigenvalue weighted by molar-refractivity contribution is 5.24. The maximum atomic E-state index is 12.4. The molecular formula is C7H10FNO. The lowest BCUT2D eigenvalue weighted by atomic mass is 10.1. The van der Waals surface area contributed by atoms with Gasteiger partial charge in [-0.25, -0.2) is 4.39 Å². The summed E-state index contributed by atoms with van der Waals surface area (Å²) in [6, 6.07) is 0. The summed E-state index contributed by atoms with van der Waals surface area (Å²) in [7, 11) is 1.75. The Labute approximate surface area is 59.1 Å².